The second-order valence-corrected chi connectivity index (χ2v) is 4.71. The Morgan fingerprint density at radius 1 is 1.33 bits per heavy atom. The molecule has 94 valence electrons. The number of hydrogen-bond donors (Lipinski definition) is 1. The monoisotopic (exact) mass is 283 g/mol. The average molecular weight is 284 g/mol. The smallest absolute Gasteiger partial charge is 0.236 e. The lowest BCUT2D eigenvalue weighted by molar-refractivity contribution is -0.116. The summed E-state index contributed by atoms with van der Waals surface area (Å²) in [7, 11) is 1.73. The molecule has 4 nitrogen and oxygen atoms in total. The van der Waals surface area contributed by atoms with Crippen LogP contribution in [-0.2, 0) is 4.79 Å². The van der Waals surface area contributed by atoms with Crippen molar-refractivity contribution in [3.05, 3.63) is 34.3 Å². The van der Waals surface area contributed by atoms with Crippen molar-refractivity contribution >= 4 is 45.8 Å². The summed E-state index contributed by atoms with van der Waals surface area (Å²) in [6.07, 6.45) is 0. The van der Waals surface area contributed by atoms with Gasteiger partial charge in [0.15, 0.2) is 0 Å². The predicted octanol–water partition coefficient (Wildman–Crippen LogP) is 2.46. The van der Waals surface area contributed by atoms with E-state index in [9.17, 15) is 4.79 Å². The van der Waals surface area contributed by atoms with E-state index in [0.29, 0.717) is 21.4 Å². The van der Waals surface area contributed by atoms with Gasteiger partial charge in [-0.25, -0.2) is 4.98 Å². The third-order valence-corrected chi connectivity index (χ3v) is 3.32. The summed E-state index contributed by atoms with van der Waals surface area (Å²) in [5.41, 5.74) is 5.75. The molecule has 0 spiro atoms. The van der Waals surface area contributed by atoms with Crippen LogP contribution in [-0.4, -0.2) is 24.5 Å². The van der Waals surface area contributed by atoms with Crippen molar-refractivity contribution in [3.63, 3.8) is 0 Å². The number of fused-ring (bicyclic) bond motifs is 1. The van der Waals surface area contributed by atoms with Crippen LogP contribution in [0.3, 0.4) is 0 Å². The number of carbonyl (C=O) groups is 1. The topological polar surface area (TPSA) is 59.2 Å². The van der Waals surface area contributed by atoms with Crippen molar-refractivity contribution in [3.8, 4) is 0 Å². The third kappa shape index (κ3) is 2.49. The van der Waals surface area contributed by atoms with Crippen LogP contribution in [0.2, 0.25) is 10.0 Å². The van der Waals surface area contributed by atoms with Gasteiger partial charge in [-0.1, -0.05) is 29.3 Å². The van der Waals surface area contributed by atoms with Gasteiger partial charge in [-0.3, -0.25) is 4.79 Å². The van der Waals surface area contributed by atoms with Gasteiger partial charge >= 0.3 is 0 Å². The largest absolute Gasteiger partial charge is 0.368 e. The number of pyridine rings is 1. The van der Waals surface area contributed by atoms with Crippen molar-refractivity contribution in [2.45, 2.75) is 0 Å². The minimum absolute atomic E-state index is 0.0939. The van der Waals surface area contributed by atoms with E-state index in [4.69, 9.17) is 28.9 Å². The molecule has 1 aromatic carbocycles. The van der Waals surface area contributed by atoms with Gasteiger partial charge < -0.3 is 10.6 Å². The minimum Gasteiger partial charge on any atom is -0.368 e. The molecule has 2 aromatic rings. The number of aromatic nitrogens is 1. The van der Waals surface area contributed by atoms with Gasteiger partial charge in [0.1, 0.15) is 5.82 Å². The van der Waals surface area contributed by atoms with Crippen LogP contribution in [0.15, 0.2) is 24.3 Å². The van der Waals surface area contributed by atoms with Gasteiger partial charge in [0.05, 0.1) is 22.1 Å². The van der Waals surface area contributed by atoms with Gasteiger partial charge in [0.2, 0.25) is 5.91 Å². The number of hydrogen-bond acceptors (Lipinski definition) is 3. The van der Waals surface area contributed by atoms with Crippen molar-refractivity contribution in [2.24, 2.45) is 5.73 Å². The van der Waals surface area contributed by atoms with E-state index < -0.39 is 5.91 Å². The zero-order valence-electron chi connectivity index (χ0n) is 9.65. The molecule has 0 radical (unpaired) electrons. The standard InChI is InChI=1S/C12H11Cl2N3O/c1-17(6-9(15)18)10-5-3-7-2-4-8(13)11(14)12(7)16-10/h2-5H,6H2,1H3,(H2,15,18). The van der Waals surface area contributed by atoms with Gasteiger partial charge in [-0.05, 0) is 18.2 Å². The summed E-state index contributed by atoms with van der Waals surface area (Å²) in [5.74, 6) is 0.196. The van der Waals surface area contributed by atoms with Crippen LogP contribution in [0.1, 0.15) is 0 Å². The molecule has 0 unspecified atom stereocenters. The van der Waals surface area contributed by atoms with Crippen LogP contribution >= 0.6 is 23.2 Å². The average Bonchev–Trinajstić information content (AvgIpc) is 2.33. The second-order valence-electron chi connectivity index (χ2n) is 3.92. The fourth-order valence-corrected chi connectivity index (χ4v) is 2.01. The highest BCUT2D eigenvalue weighted by molar-refractivity contribution is 6.45. The maximum atomic E-state index is 10.9. The maximum absolute atomic E-state index is 10.9. The number of primary amides is 1. The number of amides is 1. The second kappa shape index (κ2) is 5.00. The fourth-order valence-electron chi connectivity index (χ4n) is 1.65. The summed E-state index contributed by atoms with van der Waals surface area (Å²) in [6.45, 7) is 0.0939. The van der Waals surface area contributed by atoms with E-state index in [1.165, 1.54) is 0 Å². The minimum atomic E-state index is -0.420. The lowest BCUT2D eigenvalue weighted by Crippen LogP contribution is -2.30. The number of carbonyl (C=O) groups excluding carboxylic acids is 1. The highest BCUT2D eigenvalue weighted by Gasteiger charge is 2.09. The van der Waals surface area contributed by atoms with E-state index in [1.807, 2.05) is 12.1 Å². The Morgan fingerprint density at radius 3 is 2.67 bits per heavy atom. The van der Waals surface area contributed by atoms with Crippen molar-refractivity contribution in [1.29, 1.82) is 0 Å². The van der Waals surface area contributed by atoms with Crippen LogP contribution in [0.25, 0.3) is 10.9 Å². The normalized spacial score (nSPS) is 10.6. The molecule has 0 aliphatic rings. The Kier molecular flexibility index (Phi) is 3.59. The zero-order chi connectivity index (χ0) is 13.3. The van der Waals surface area contributed by atoms with Crippen molar-refractivity contribution in [1.82, 2.24) is 4.98 Å². The van der Waals surface area contributed by atoms with Crippen molar-refractivity contribution < 1.29 is 4.79 Å². The number of anilines is 1. The van der Waals surface area contributed by atoms with Crippen LogP contribution in [0, 0.1) is 0 Å². The Hall–Kier alpha value is -1.52. The number of halogens is 2. The molecule has 6 heteroatoms. The van der Waals surface area contributed by atoms with Crippen LogP contribution in [0.5, 0.6) is 0 Å². The van der Waals surface area contributed by atoms with E-state index in [1.54, 1.807) is 24.1 Å². The van der Waals surface area contributed by atoms with Gasteiger partial charge in [0, 0.05) is 12.4 Å². The lowest BCUT2D eigenvalue weighted by Gasteiger charge is -2.16. The summed E-state index contributed by atoms with van der Waals surface area (Å²) < 4.78 is 0. The Bertz CT molecular complexity index is 616. The highest BCUT2D eigenvalue weighted by atomic mass is 35.5. The Morgan fingerprint density at radius 2 is 2.00 bits per heavy atom. The zero-order valence-corrected chi connectivity index (χ0v) is 11.2. The molecule has 0 bridgehead atoms. The molecule has 0 saturated carbocycles. The van der Waals surface area contributed by atoms with E-state index >= 15 is 0 Å². The maximum Gasteiger partial charge on any atom is 0.236 e. The van der Waals surface area contributed by atoms with E-state index in [-0.39, 0.29) is 6.54 Å². The summed E-state index contributed by atoms with van der Waals surface area (Å²) >= 11 is 12.0. The summed E-state index contributed by atoms with van der Waals surface area (Å²) in [6, 6.07) is 7.24. The van der Waals surface area contributed by atoms with E-state index in [0.717, 1.165) is 5.39 Å². The van der Waals surface area contributed by atoms with E-state index in [2.05, 4.69) is 4.98 Å². The molecule has 2 rings (SSSR count). The first-order valence-electron chi connectivity index (χ1n) is 5.23. The lowest BCUT2D eigenvalue weighted by atomic mass is 10.2. The van der Waals surface area contributed by atoms with Crippen molar-refractivity contribution in [2.75, 3.05) is 18.5 Å². The molecule has 18 heavy (non-hydrogen) atoms. The Labute approximate surface area is 114 Å². The number of nitrogens with two attached hydrogens (primary N) is 1. The van der Waals surface area contributed by atoms with Crippen LogP contribution in [0.4, 0.5) is 5.82 Å². The first-order chi connectivity index (χ1) is 8.49. The van der Waals surface area contributed by atoms with Crippen LogP contribution < -0.4 is 10.6 Å². The molecule has 1 amide bonds. The molecule has 1 aromatic heterocycles. The molecule has 2 N–H and O–H groups in total. The van der Waals surface area contributed by atoms with Gasteiger partial charge in [-0.15, -0.1) is 0 Å². The molecule has 0 fully saturated rings. The number of rotatable bonds is 3. The highest BCUT2D eigenvalue weighted by Crippen LogP contribution is 2.30. The number of likely N-dealkylation sites (N-methyl/N-ethyl adjacent to an activating group) is 1. The number of benzene rings is 1. The number of nitrogens with zero attached hydrogens (tertiary/aromatic N) is 2. The fraction of sp³-hybridized carbons (Fsp3) is 0.167. The molecule has 1 heterocycles. The summed E-state index contributed by atoms with van der Waals surface area (Å²) in [5, 5.41) is 1.75. The molecule has 0 aliphatic heterocycles. The molecule has 0 atom stereocenters. The van der Waals surface area contributed by atoms with Gasteiger partial charge in [-0.2, -0.15) is 0 Å². The molecule has 0 aliphatic carbocycles. The third-order valence-electron chi connectivity index (χ3n) is 2.52. The molecular formula is C12H11Cl2N3O. The first kappa shape index (κ1) is 12.9. The predicted molar refractivity (Wildman–Crippen MR) is 74.2 cm³/mol. The molecule has 0 saturated heterocycles. The SMILES string of the molecule is CN(CC(N)=O)c1ccc2ccc(Cl)c(Cl)c2n1. The van der Waals surface area contributed by atoms with Gasteiger partial charge in [0.25, 0.3) is 0 Å². The molecular weight excluding hydrogens is 273 g/mol. The summed E-state index contributed by atoms with van der Waals surface area (Å²) in [4.78, 5) is 16.9. The Balaban J connectivity index is 2.49. The first-order valence-corrected chi connectivity index (χ1v) is 5.99. The quantitative estimate of drug-likeness (QED) is 0.941.